The van der Waals surface area contributed by atoms with E-state index in [1.165, 1.54) is 24.3 Å². The molecule has 0 aliphatic carbocycles. The van der Waals surface area contributed by atoms with Crippen LogP contribution < -0.4 is 10.1 Å². The van der Waals surface area contributed by atoms with Gasteiger partial charge >= 0.3 is 5.97 Å². The lowest BCUT2D eigenvalue weighted by molar-refractivity contribution is -0.114. The fraction of sp³-hybridized carbons (Fsp3) is 0.214. The topological polar surface area (TPSA) is 88.5 Å². The molecule has 0 atom stereocenters. The van der Waals surface area contributed by atoms with Crippen molar-refractivity contribution in [1.29, 1.82) is 0 Å². The van der Waals surface area contributed by atoms with Crippen molar-refractivity contribution in [3.8, 4) is 5.75 Å². The molecule has 0 spiro atoms. The molecule has 0 aliphatic rings. The molecule has 1 heterocycles. The van der Waals surface area contributed by atoms with Crippen molar-refractivity contribution in [3.05, 3.63) is 40.4 Å². The van der Waals surface area contributed by atoms with E-state index in [1.54, 1.807) is 24.4 Å². The first-order valence-electron chi connectivity index (χ1n) is 6.15. The van der Waals surface area contributed by atoms with Crippen LogP contribution in [0.5, 0.6) is 5.75 Å². The number of carboxylic acids is 1. The molecule has 2 N–H and O–H groups in total. The van der Waals surface area contributed by atoms with Gasteiger partial charge < -0.3 is 15.2 Å². The fourth-order valence-corrected chi connectivity index (χ4v) is 2.48. The Kier molecular flexibility index (Phi) is 4.54. The maximum atomic E-state index is 11.0. The quantitative estimate of drug-likeness (QED) is 0.886. The van der Waals surface area contributed by atoms with Crippen molar-refractivity contribution in [2.45, 2.75) is 20.5 Å². The third kappa shape index (κ3) is 3.79. The lowest BCUT2D eigenvalue weighted by Gasteiger charge is -2.09. The summed E-state index contributed by atoms with van der Waals surface area (Å²) in [6, 6.07) is 4.88. The zero-order valence-corrected chi connectivity index (χ0v) is 12.4. The van der Waals surface area contributed by atoms with Gasteiger partial charge in [0.2, 0.25) is 5.91 Å². The summed E-state index contributed by atoms with van der Waals surface area (Å²) in [5, 5.41) is 13.9. The molecule has 1 aromatic carbocycles. The van der Waals surface area contributed by atoms with Crippen LogP contribution in [0, 0.1) is 6.92 Å². The minimum Gasteiger partial charge on any atom is -0.487 e. The van der Waals surface area contributed by atoms with Crippen LogP contribution in [-0.4, -0.2) is 22.0 Å². The maximum absolute atomic E-state index is 11.0. The number of nitrogens with zero attached hydrogens (tertiary/aromatic N) is 1. The van der Waals surface area contributed by atoms with Crippen LogP contribution in [0.4, 0.5) is 5.13 Å². The predicted molar refractivity (Wildman–Crippen MR) is 78.9 cm³/mol. The molecular weight excluding hydrogens is 292 g/mol. The van der Waals surface area contributed by atoms with Gasteiger partial charge in [0.05, 0.1) is 11.3 Å². The lowest BCUT2D eigenvalue weighted by atomic mass is 10.1. The summed E-state index contributed by atoms with van der Waals surface area (Å²) in [5.41, 5.74) is 1.45. The molecule has 2 rings (SSSR count). The number of ether oxygens (including phenoxy) is 1. The van der Waals surface area contributed by atoms with Gasteiger partial charge in [0, 0.05) is 17.9 Å². The number of anilines is 1. The normalized spacial score (nSPS) is 10.2. The van der Waals surface area contributed by atoms with Crippen molar-refractivity contribution in [1.82, 2.24) is 4.98 Å². The van der Waals surface area contributed by atoms with Crippen molar-refractivity contribution >= 4 is 28.3 Å². The van der Waals surface area contributed by atoms with Crippen molar-refractivity contribution in [2.24, 2.45) is 0 Å². The van der Waals surface area contributed by atoms with Crippen LogP contribution in [0.25, 0.3) is 0 Å². The van der Waals surface area contributed by atoms with Crippen molar-refractivity contribution < 1.29 is 19.4 Å². The molecule has 0 aliphatic heterocycles. The third-order valence-electron chi connectivity index (χ3n) is 2.72. The van der Waals surface area contributed by atoms with Crippen LogP contribution >= 0.6 is 11.3 Å². The minimum absolute atomic E-state index is 0.179. The molecule has 0 unspecified atom stereocenters. The predicted octanol–water partition coefficient (Wildman–Crippen LogP) is 2.69. The Balaban J connectivity index is 2.06. The number of nitrogens with one attached hydrogen (secondary N) is 1. The average molecular weight is 306 g/mol. The van der Waals surface area contributed by atoms with Gasteiger partial charge in [-0.25, -0.2) is 9.78 Å². The molecule has 6 nitrogen and oxygen atoms in total. The number of thiazole rings is 1. The van der Waals surface area contributed by atoms with Crippen LogP contribution in [0.3, 0.4) is 0 Å². The monoisotopic (exact) mass is 306 g/mol. The Bertz CT molecular complexity index is 681. The Morgan fingerprint density at radius 2 is 2.19 bits per heavy atom. The number of hydrogen-bond donors (Lipinski definition) is 2. The fourth-order valence-electron chi connectivity index (χ4n) is 1.74. The van der Waals surface area contributed by atoms with Gasteiger partial charge in [-0.1, -0.05) is 6.07 Å². The smallest absolute Gasteiger partial charge is 0.336 e. The maximum Gasteiger partial charge on any atom is 0.336 e. The van der Waals surface area contributed by atoms with Crippen molar-refractivity contribution in [3.63, 3.8) is 0 Å². The molecule has 0 fully saturated rings. The SMILES string of the molecule is CC(=O)Nc1nc(COc2cccc(C(=O)O)c2C)cs1. The van der Waals surface area contributed by atoms with E-state index in [0.717, 1.165) is 0 Å². The largest absolute Gasteiger partial charge is 0.487 e. The van der Waals surface area contributed by atoms with E-state index in [-0.39, 0.29) is 18.1 Å². The van der Waals surface area contributed by atoms with E-state index in [2.05, 4.69) is 10.3 Å². The van der Waals surface area contributed by atoms with Crippen LogP contribution in [0.15, 0.2) is 23.6 Å². The first kappa shape index (κ1) is 15.0. The summed E-state index contributed by atoms with van der Waals surface area (Å²) in [5.74, 6) is -0.662. The highest BCUT2D eigenvalue weighted by molar-refractivity contribution is 7.13. The van der Waals surface area contributed by atoms with Gasteiger partial charge in [0.15, 0.2) is 5.13 Å². The van der Waals surface area contributed by atoms with Gasteiger partial charge in [0.25, 0.3) is 0 Å². The van der Waals surface area contributed by atoms with E-state index in [1.807, 2.05) is 0 Å². The van der Waals surface area contributed by atoms with Crippen LogP contribution in [0.2, 0.25) is 0 Å². The Morgan fingerprint density at radius 1 is 1.43 bits per heavy atom. The molecule has 0 radical (unpaired) electrons. The van der Waals surface area contributed by atoms with Crippen molar-refractivity contribution in [2.75, 3.05) is 5.32 Å². The summed E-state index contributed by atoms with van der Waals surface area (Å²) in [6.45, 7) is 3.32. The second-order valence-electron chi connectivity index (χ2n) is 4.35. The van der Waals surface area contributed by atoms with Gasteiger partial charge in [0.1, 0.15) is 12.4 Å². The molecule has 110 valence electrons. The number of aromatic carboxylic acids is 1. The van der Waals surface area contributed by atoms with E-state index in [9.17, 15) is 9.59 Å². The first-order chi connectivity index (χ1) is 9.97. The summed E-state index contributed by atoms with van der Waals surface area (Å²) in [4.78, 5) is 26.2. The van der Waals surface area contributed by atoms with Gasteiger partial charge in [-0.15, -0.1) is 11.3 Å². The van der Waals surface area contributed by atoms with Gasteiger partial charge in [-0.3, -0.25) is 4.79 Å². The molecule has 1 aromatic heterocycles. The number of carboxylic acid groups (broad SMARTS) is 1. The summed E-state index contributed by atoms with van der Waals surface area (Å²) in [6.07, 6.45) is 0. The number of aromatic nitrogens is 1. The highest BCUT2D eigenvalue weighted by Gasteiger charge is 2.11. The average Bonchev–Trinajstić information content (AvgIpc) is 2.84. The number of amides is 1. The molecule has 2 aromatic rings. The number of hydrogen-bond acceptors (Lipinski definition) is 5. The second kappa shape index (κ2) is 6.36. The van der Waals surface area contributed by atoms with E-state index in [0.29, 0.717) is 22.1 Å². The molecular formula is C14H14N2O4S. The number of rotatable bonds is 5. The zero-order chi connectivity index (χ0) is 15.4. The zero-order valence-electron chi connectivity index (χ0n) is 11.5. The summed E-state index contributed by atoms with van der Waals surface area (Å²) < 4.78 is 5.60. The molecule has 0 bridgehead atoms. The lowest BCUT2D eigenvalue weighted by Crippen LogP contribution is -2.06. The Labute approximate surface area is 125 Å². The Morgan fingerprint density at radius 3 is 2.86 bits per heavy atom. The highest BCUT2D eigenvalue weighted by Crippen LogP contribution is 2.23. The van der Waals surface area contributed by atoms with Crippen LogP contribution in [-0.2, 0) is 11.4 Å². The highest BCUT2D eigenvalue weighted by atomic mass is 32.1. The van der Waals surface area contributed by atoms with E-state index >= 15 is 0 Å². The summed E-state index contributed by atoms with van der Waals surface area (Å²) >= 11 is 1.31. The molecule has 1 amide bonds. The van der Waals surface area contributed by atoms with E-state index in [4.69, 9.17) is 9.84 Å². The molecule has 0 saturated heterocycles. The molecule has 21 heavy (non-hydrogen) atoms. The number of carbonyl (C=O) groups is 2. The van der Waals surface area contributed by atoms with Crippen LogP contribution in [0.1, 0.15) is 28.5 Å². The number of carbonyl (C=O) groups excluding carboxylic acids is 1. The third-order valence-corrected chi connectivity index (χ3v) is 3.53. The minimum atomic E-state index is -0.987. The summed E-state index contributed by atoms with van der Waals surface area (Å²) in [7, 11) is 0. The van der Waals surface area contributed by atoms with Gasteiger partial charge in [-0.2, -0.15) is 0 Å². The Hall–Kier alpha value is -2.41. The second-order valence-corrected chi connectivity index (χ2v) is 5.21. The van der Waals surface area contributed by atoms with E-state index < -0.39 is 5.97 Å². The first-order valence-corrected chi connectivity index (χ1v) is 7.03. The van der Waals surface area contributed by atoms with Gasteiger partial charge in [-0.05, 0) is 19.1 Å². The molecule has 0 saturated carbocycles. The molecule has 7 heteroatoms. The standard InChI is InChI=1S/C14H14N2O4S/c1-8-11(13(18)19)4-3-5-12(8)20-6-10-7-21-14(16-10)15-9(2)17/h3-5,7H,6H2,1-2H3,(H,18,19)(H,15,16,17). The number of benzene rings is 1.